The van der Waals surface area contributed by atoms with Crippen molar-refractivity contribution >= 4 is 17.4 Å². The zero-order chi connectivity index (χ0) is 14.8. The van der Waals surface area contributed by atoms with Crippen LogP contribution in [0.25, 0.3) is 5.78 Å². The number of halogens is 1. The first-order valence-electron chi connectivity index (χ1n) is 6.30. The molecule has 0 amide bonds. The Morgan fingerprint density at radius 3 is 3.00 bits per heavy atom. The minimum absolute atomic E-state index is 0.358. The summed E-state index contributed by atoms with van der Waals surface area (Å²) < 4.78 is 12.6. The molecule has 0 atom stereocenters. The van der Waals surface area contributed by atoms with Crippen molar-refractivity contribution in [3.63, 3.8) is 0 Å². The Morgan fingerprint density at radius 2 is 2.19 bits per heavy atom. The maximum Gasteiger partial charge on any atom is 0.256 e. The van der Waals surface area contributed by atoms with Crippen LogP contribution >= 0.6 is 11.6 Å². The maximum atomic E-state index is 6.09. The van der Waals surface area contributed by atoms with Gasteiger partial charge in [-0.25, -0.2) is 0 Å². The molecule has 0 aliphatic carbocycles. The lowest BCUT2D eigenvalue weighted by Gasteiger charge is -2.11. The molecule has 6 nitrogen and oxygen atoms in total. The molecule has 0 saturated carbocycles. The van der Waals surface area contributed by atoms with Crippen molar-refractivity contribution < 1.29 is 9.47 Å². The average Bonchev–Trinajstić information content (AvgIpc) is 2.95. The van der Waals surface area contributed by atoms with Crippen LogP contribution < -0.4 is 9.47 Å². The van der Waals surface area contributed by atoms with E-state index in [1.54, 1.807) is 7.11 Å². The number of aromatic nitrogens is 4. The Balaban J connectivity index is 1.91. The molecular formula is C14H13ClN4O2. The topological polar surface area (TPSA) is 61.5 Å². The average molecular weight is 305 g/mol. The zero-order valence-electron chi connectivity index (χ0n) is 11.6. The molecule has 2 aromatic heterocycles. The predicted octanol–water partition coefficient (Wildman–Crippen LogP) is 2.67. The van der Waals surface area contributed by atoms with Crippen LogP contribution in [0.1, 0.15) is 11.1 Å². The van der Waals surface area contributed by atoms with Gasteiger partial charge in [0.1, 0.15) is 23.8 Å². The summed E-state index contributed by atoms with van der Waals surface area (Å²) in [6.07, 6.45) is 1.41. The summed E-state index contributed by atoms with van der Waals surface area (Å²) >= 11 is 6.09. The van der Waals surface area contributed by atoms with Crippen LogP contribution in [-0.4, -0.2) is 26.7 Å². The molecule has 7 heteroatoms. The first kappa shape index (κ1) is 13.6. The maximum absolute atomic E-state index is 6.09. The molecule has 3 aromatic rings. The first-order chi connectivity index (χ1) is 10.2. The molecule has 0 aliphatic rings. The lowest BCUT2D eigenvalue weighted by Crippen LogP contribution is -2.05. The van der Waals surface area contributed by atoms with E-state index in [1.165, 1.54) is 10.8 Å². The summed E-state index contributed by atoms with van der Waals surface area (Å²) in [5, 5.41) is 4.46. The van der Waals surface area contributed by atoms with E-state index in [0.717, 1.165) is 16.9 Å². The molecule has 0 spiro atoms. The summed E-state index contributed by atoms with van der Waals surface area (Å²) in [5.74, 6) is 1.73. The first-order valence-corrected chi connectivity index (χ1v) is 6.68. The second kappa shape index (κ2) is 5.57. The van der Waals surface area contributed by atoms with E-state index in [2.05, 4.69) is 15.1 Å². The summed E-state index contributed by atoms with van der Waals surface area (Å²) in [5.41, 5.74) is 1.70. The summed E-state index contributed by atoms with van der Waals surface area (Å²) in [6, 6.07) is 7.67. The van der Waals surface area contributed by atoms with Gasteiger partial charge in [0.15, 0.2) is 0 Å². The Morgan fingerprint density at radius 1 is 1.33 bits per heavy atom. The van der Waals surface area contributed by atoms with Crippen LogP contribution in [0.4, 0.5) is 0 Å². The fraction of sp³-hybridized carbons (Fsp3) is 0.214. The third kappa shape index (κ3) is 2.62. The van der Waals surface area contributed by atoms with E-state index in [0.29, 0.717) is 23.4 Å². The van der Waals surface area contributed by atoms with Crippen LogP contribution in [0.3, 0.4) is 0 Å². The highest BCUT2D eigenvalue weighted by Crippen LogP contribution is 2.25. The molecule has 0 aliphatic heterocycles. The van der Waals surface area contributed by atoms with E-state index in [9.17, 15) is 0 Å². The van der Waals surface area contributed by atoms with Crippen molar-refractivity contribution in [2.45, 2.75) is 13.5 Å². The summed E-state index contributed by atoms with van der Waals surface area (Å²) in [7, 11) is 1.63. The van der Waals surface area contributed by atoms with Crippen molar-refractivity contribution in [2.24, 2.45) is 0 Å². The Hall–Kier alpha value is -2.34. The van der Waals surface area contributed by atoms with Gasteiger partial charge in [0.25, 0.3) is 5.78 Å². The third-order valence-electron chi connectivity index (χ3n) is 3.06. The van der Waals surface area contributed by atoms with Crippen molar-refractivity contribution in [1.29, 1.82) is 0 Å². The minimum atomic E-state index is 0.358. The van der Waals surface area contributed by atoms with Crippen LogP contribution in [0, 0.1) is 6.92 Å². The van der Waals surface area contributed by atoms with Gasteiger partial charge in [-0.15, -0.1) is 0 Å². The number of hydrogen-bond acceptors (Lipinski definition) is 5. The molecule has 0 fully saturated rings. The summed E-state index contributed by atoms with van der Waals surface area (Å²) in [4.78, 5) is 8.15. The van der Waals surface area contributed by atoms with E-state index >= 15 is 0 Å². The Bertz CT molecular complexity index is 788. The monoisotopic (exact) mass is 304 g/mol. The van der Waals surface area contributed by atoms with E-state index in [-0.39, 0.29) is 0 Å². The standard InChI is InChI=1S/C14H13ClN4O2/c1-9-12(15)18-14-16-8-17-19(14)13(9)21-7-10-4-3-5-11(6-10)20-2/h3-6,8H,7H2,1-2H3. The summed E-state index contributed by atoms with van der Waals surface area (Å²) in [6.45, 7) is 2.20. The number of ether oxygens (including phenoxy) is 2. The molecule has 2 heterocycles. The normalized spacial score (nSPS) is 10.8. The van der Waals surface area contributed by atoms with Crippen molar-refractivity contribution in [1.82, 2.24) is 19.6 Å². The molecule has 108 valence electrons. The molecule has 3 rings (SSSR count). The molecule has 21 heavy (non-hydrogen) atoms. The fourth-order valence-corrected chi connectivity index (χ4v) is 2.11. The highest BCUT2D eigenvalue weighted by atomic mass is 35.5. The zero-order valence-corrected chi connectivity index (χ0v) is 12.3. The molecule has 0 bridgehead atoms. The van der Waals surface area contributed by atoms with Gasteiger partial charge in [0.05, 0.1) is 7.11 Å². The number of fused-ring (bicyclic) bond motifs is 1. The fourth-order valence-electron chi connectivity index (χ4n) is 1.96. The van der Waals surface area contributed by atoms with E-state index < -0.39 is 0 Å². The van der Waals surface area contributed by atoms with E-state index in [4.69, 9.17) is 21.1 Å². The highest BCUT2D eigenvalue weighted by molar-refractivity contribution is 6.30. The predicted molar refractivity (Wildman–Crippen MR) is 77.9 cm³/mol. The number of rotatable bonds is 4. The van der Waals surface area contributed by atoms with Crippen LogP contribution in [0.5, 0.6) is 11.6 Å². The third-order valence-corrected chi connectivity index (χ3v) is 3.43. The molecule has 0 N–H and O–H groups in total. The van der Waals surface area contributed by atoms with Gasteiger partial charge in [0, 0.05) is 5.56 Å². The SMILES string of the molecule is COc1cccc(COc2c(C)c(Cl)nc3ncnn23)c1. The van der Waals surface area contributed by atoms with Gasteiger partial charge >= 0.3 is 0 Å². The second-order valence-corrected chi connectivity index (χ2v) is 4.80. The van der Waals surface area contributed by atoms with Gasteiger partial charge in [-0.2, -0.15) is 19.6 Å². The number of hydrogen-bond donors (Lipinski definition) is 0. The van der Waals surface area contributed by atoms with Crippen LogP contribution in [0.2, 0.25) is 5.15 Å². The van der Waals surface area contributed by atoms with Gasteiger partial charge < -0.3 is 9.47 Å². The van der Waals surface area contributed by atoms with E-state index in [1.807, 2.05) is 31.2 Å². The molecule has 0 saturated heterocycles. The second-order valence-electron chi connectivity index (χ2n) is 4.44. The van der Waals surface area contributed by atoms with Gasteiger partial charge in [-0.3, -0.25) is 0 Å². The smallest absolute Gasteiger partial charge is 0.256 e. The van der Waals surface area contributed by atoms with Gasteiger partial charge in [0.2, 0.25) is 5.88 Å². The highest BCUT2D eigenvalue weighted by Gasteiger charge is 2.13. The molecule has 1 aromatic carbocycles. The van der Waals surface area contributed by atoms with Crippen molar-refractivity contribution in [3.8, 4) is 11.6 Å². The Kier molecular flexibility index (Phi) is 3.62. The number of benzene rings is 1. The molecule has 0 radical (unpaired) electrons. The van der Waals surface area contributed by atoms with Crippen molar-refractivity contribution in [3.05, 3.63) is 46.9 Å². The van der Waals surface area contributed by atoms with Crippen molar-refractivity contribution in [2.75, 3.05) is 7.11 Å². The lowest BCUT2D eigenvalue weighted by atomic mass is 10.2. The largest absolute Gasteiger partial charge is 0.497 e. The number of methoxy groups -OCH3 is 1. The molecular weight excluding hydrogens is 292 g/mol. The van der Waals surface area contributed by atoms with Crippen LogP contribution in [-0.2, 0) is 6.61 Å². The quantitative estimate of drug-likeness (QED) is 0.693. The number of nitrogens with zero attached hydrogens (tertiary/aromatic N) is 4. The lowest BCUT2D eigenvalue weighted by molar-refractivity contribution is 0.282. The van der Waals surface area contributed by atoms with Gasteiger partial charge in [-0.1, -0.05) is 23.7 Å². The minimum Gasteiger partial charge on any atom is -0.497 e. The van der Waals surface area contributed by atoms with Gasteiger partial charge in [-0.05, 0) is 24.6 Å². The Labute approximate surface area is 126 Å². The molecule has 0 unspecified atom stereocenters. The van der Waals surface area contributed by atoms with Crippen LogP contribution in [0.15, 0.2) is 30.6 Å².